The van der Waals surface area contributed by atoms with Crippen molar-refractivity contribution in [3.8, 4) is 0 Å². The summed E-state index contributed by atoms with van der Waals surface area (Å²) >= 11 is 5.78. The van der Waals surface area contributed by atoms with Crippen molar-refractivity contribution in [3.63, 3.8) is 0 Å². The molecular formula is C17H23ClN2O3. The van der Waals surface area contributed by atoms with Gasteiger partial charge >= 0.3 is 0 Å². The molecule has 1 aromatic carbocycles. The van der Waals surface area contributed by atoms with E-state index in [9.17, 15) is 14.4 Å². The monoisotopic (exact) mass is 338 g/mol. The summed E-state index contributed by atoms with van der Waals surface area (Å²) in [5, 5.41) is 0.562. The van der Waals surface area contributed by atoms with Gasteiger partial charge in [0, 0.05) is 43.6 Å². The van der Waals surface area contributed by atoms with Crippen LogP contribution in [0.25, 0.3) is 0 Å². The number of halogens is 1. The maximum Gasteiger partial charge on any atom is 0.242 e. The average Bonchev–Trinajstić information content (AvgIpc) is 2.53. The van der Waals surface area contributed by atoms with Gasteiger partial charge in [-0.2, -0.15) is 0 Å². The molecule has 0 bridgehead atoms. The van der Waals surface area contributed by atoms with Crippen molar-refractivity contribution in [1.82, 2.24) is 9.80 Å². The lowest BCUT2D eigenvalue weighted by Gasteiger charge is -2.23. The van der Waals surface area contributed by atoms with Gasteiger partial charge in [-0.1, -0.05) is 11.6 Å². The molecular weight excluding hydrogens is 316 g/mol. The second-order valence-electron chi connectivity index (χ2n) is 5.25. The largest absolute Gasteiger partial charge is 0.342 e. The van der Waals surface area contributed by atoms with E-state index in [-0.39, 0.29) is 37.0 Å². The van der Waals surface area contributed by atoms with Gasteiger partial charge in [-0.3, -0.25) is 14.4 Å². The van der Waals surface area contributed by atoms with Gasteiger partial charge in [0.05, 0.1) is 6.54 Å². The minimum absolute atomic E-state index is 0.0373. The van der Waals surface area contributed by atoms with Gasteiger partial charge in [-0.05, 0) is 38.1 Å². The fourth-order valence-electron chi connectivity index (χ4n) is 2.16. The molecule has 0 fully saturated rings. The molecule has 0 atom stereocenters. The maximum absolute atomic E-state index is 12.0. The Balaban J connectivity index is 2.47. The van der Waals surface area contributed by atoms with E-state index < -0.39 is 0 Å². The summed E-state index contributed by atoms with van der Waals surface area (Å²) in [4.78, 5) is 39.1. The number of rotatable bonds is 8. The quantitative estimate of drug-likeness (QED) is 0.685. The van der Waals surface area contributed by atoms with Crippen LogP contribution in [0.5, 0.6) is 0 Å². The first-order chi connectivity index (χ1) is 10.9. The van der Waals surface area contributed by atoms with E-state index in [1.165, 1.54) is 4.90 Å². The highest BCUT2D eigenvalue weighted by Gasteiger charge is 2.17. The molecule has 1 aromatic rings. The molecule has 0 N–H and O–H groups in total. The van der Waals surface area contributed by atoms with Crippen molar-refractivity contribution in [2.24, 2.45) is 0 Å². The minimum Gasteiger partial charge on any atom is -0.342 e. The van der Waals surface area contributed by atoms with Crippen molar-refractivity contribution < 1.29 is 14.4 Å². The van der Waals surface area contributed by atoms with Crippen molar-refractivity contribution >= 4 is 29.2 Å². The second-order valence-corrected chi connectivity index (χ2v) is 5.68. The Hall–Kier alpha value is -1.88. The molecule has 0 radical (unpaired) electrons. The van der Waals surface area contributed by atoms with Gasteiger partial charge in [0.1, 0.15) is 0 Å². The summed E-state index contributed by atoms with van der Waals surface area (Å²) in [7, 11) is 1.58. The van der Waals surface area contributed by atoms with Crippen LogP contribution < -0.4 is 0 Å². The summed E-state index contributed by atoms with van der Waals surface area (Å²) < 4.78 is 0. The minimum atomic E-state index is -0.215. The smallest absolute Gasteiger partial charge is 0.242 e. The standard InChI is InChI=1S/C17H23ClN2O3/c1-4-20(5-2)17(23)12-19(3)16(22)11-10-15(21)13-6-8-14(18)9-7-13/h6-9H,4-5,10-12H2,1-3H3. The highest BCUT2D eigenvalue weighted by Crippen LogP contribution is 2.12. The molecule has 23 heavy (non-hydrogen) atoms. The number of benzene rings is 1. The summed E-state index contributed by atoms with van der Waals surface area (Å²) in [6.45, 7) is 5.07. The van der Waals surface area contributed by atoms with Gasteiger partial charge in [0.25, 0.3) is 0 Å². The topological polar surface area (TPSA) is 57.7 Å². The Labute approximate surface area is 142 Å². The molecule has 0 heterocycles. The van der Waals surface area contributed by atoms with E-state index in [2.05, 4.69) is 0 Å². The molecule has 0 saturated carbocycles. The molecule has 0 spiro atoms. The first-order valence-corrected chi connectivity index (χ1v) is 8.07. The molecule has 0 aliphatic rings. The third-order valence-corrected chi connectivity index (χ3v) is 3.90. The molecule has 1 rings (SSSR count). The van der Waals surface area contributed by atoms with Gasteiger partial charge in [-0.25, -0.2) is 0 Å². The Morgan fingerprint density at radius 2 is 1.52 bits per heavy atom. The number of ketones is 1. The third-order valence-electron chi connectivity index (χ3n) is 3.65. The van der Waals surface area contributed by atoms with Crippen LogP contribution in [-0.2, 0) is 9.59 Å². The van der Waals surface area contributed by atoms with Crippen LogP contribution in [0, 0.1) is 0 Å². The lowest BCUT2D eigenvalue weighted by Crippen LogP contribution is -2.41. The van der Waals surface area contributed by atoms with Gasteiger partial charge in [0.2, 0.25) is 11.8 Å². The van der Waals surface area contributed by atoms with Crippen LogP contribution in [0.4, 0.5) is 0 Å². The highest BCUT2D eigenvalue weighted by molar-refractivity contribution is 6.30. The van der Waals surface area contributed by atoms with Crippen molar-refractivity contribution in [3.05, 3.63) is 34.9 Å². The molecule has 0 aliphatic heterocycles. The maximum atomic E-state index is 12.0. The van der Waals surface area contributed by atoms with Crippen LogP contribution in [-0.4, -0.2) is 54.1 Å². The molecule has 0 saturated heterocycles. The first-order valence-electron chi connectivity index (χ1n) is 7.69. The molecule has 126 valence electrons. The molecule has 2 amide bonds. The van der Waals surface area contributed by atoms with Gasteiger partial charge < -0.3 is 9.80 Å². The average molecular weight is 339 g/mol. The number of carbonyl (C=O) groups excluding carboxylic acids is 3. The highest BCUT2D eigenvalue weighted by atomic mass is 35.5. The molecule has 0 aromatic heterocycles. The SMILES string of the molecule is CCN(CC)C(=O)CN(C)C(=O)CCC(=O)c1ccc(Cl)cc1. The van der Waals surface area contributed by atoms with Crippen LogP contribution in [0.15, 0.2) is 24.3 Å². The second kappa shape index (κ2) is 9.30. The predicted molar refractivity (Wildman–Crippen MR) is 90.6 cm³/mol. The number of likely N-dealkylation sites (N-methyl/N-ethyl adjacent to an activating group) is 2. The third kappa shape index (κ3) is 6.02. The predicted octanol–water partition coefficient (Wildman–Crippen LogP) is 2.63. The van der Waals surface area contributed by atoms with E-state index in [1.54, 1.807) is 36.2 Å². The van der Waals surface area contributed by atoms with Crippen LogP contribution >= 0.6 is 11.6 Å². The van der Waals surface area contributed by atoms with Crippen LogP contribution in [0.3, 0.4) is 0 Å². The van der Waals surface area contributed by atoms with Crippen LogP contribution in [0.2, 0.25) is 5.02 Å². The van der Waals surface area contributed by atoms with E-state index >= 15 is 0 Å². The lowest BCUT2D eigenvalue weighted by atomic mass is 10.1. The Morgan fingerprint density at radius 3 is 2.04 bits per heavy atom. The van der Waals surface area contributed by atoms with E-state index in [0.717, 1.165) is 0 Å². The molecule has 0 unspecified atom stereocenters. The van der Waals surface area contributed by atoms with Crippen molar-refractivity contribution in [1.29, 1.82) is 0 Å². The number of carbonyl (C=O) groups is 3. The summed E-state index contributed by atoms with van der Waals surface area (Å²) in [6, 6.07) is 6.57. The van der Waals surface area contributed by atoms with E-state index in [4.69, 9.17) is 11.6 Å². The number of amides is 2. The van der Waals surface area contributed by atoms with Crippen molar-refractivity contribution in [2.45, 2.75) is 26.7 Å². The summed E-state index contributed by atoms with van der Waals surface area (Å²) in [5.41, 5.74) is 0.532. The fraction of sp³-hybridized carbons (Fsp3) is 0.471. The zero-order valence-corrected chi connectivity index (χ0v) is 14.6. The Kier molecular flexibility index (Phi) is 7.75. The zero-order valence-electron chi connectivity index (χ0n) is 13.8. The fourth-order valence-corrected chi connectivity index (χ4v) is 2.28. The van der Waals surface area contributed by atoms with Gasteiger partial charge in [-0.15, -0.1) is 0 Å². The molecule has 5 nitrogen and oxygen atoms in total. The Bertz CT molecular complexity index is 553. The Morgan fingerprint density at radius 1 is 0.957 bits per heavy atom. The van der Waals surface area contributed by atoms with E-state index in [1.807, 2.05) is 13.8 Å². The van der Waals surface area contributed by atoms with Gasteiger partial charge in [0.15, 0.2) is 5.78 Å². The number of Topliss-reactive ketones (excluding diaryl/α,β-unsaturated/α-hetero) is 1. The summed E-state index contributed by atoms with van der Waals surface area (Å²) in [5.74, 6) is -0.416. The molecule has 6 heteroatoms. The van der Waals surface area contributed by atoms with E-state index in [0.29, 0.717) is 23.7 Å². The number of nitrogens with zero attached hydrogens (tertiary/aromatic N) is 2. The first kappa shape index (κ1) is 19.2. The number of hydrogen-bond donors (Lipinski definition) is 0. The lowest BCUT2D eigenvalue weighted by molar-refractivity contribution is -0.139. The number of hydrogen-bond acceptors (Lipinski definition) is 3. The molecule has 0 aliphatic carbocycles. The zero-order chi connectivity index (χ0) is 17.4. The normalized spacial score (nSPS) is 10.3. The van der Waals surface area contributed by atoms with Crippen LogP contribution in [0.1, 0.15) is 37.0 Å². The summed E-state index contributed by atoms with van der Waals surface area (Å²) in [6.07, 6.45) is 0.202. The van der Waals surface area contributed by atoms with Crippen molar-refractivity contribution in [2.75, 3.05) is 26.7 Å².